The van der Waals surface area contributed by atoms with E-state index in [1.165, 1.54) is 12.1 Å². The van der Waals surface area contributed by atoms with Crippen LogP contribution in [0.5, 0.6) is 0 Å². The molecule has 1 aromatic carbocycles. The molecule has 0 radical (unpaired) electrons. The molecule has 1 aromatic rings. The van der Waals surface area contributed by atoms with Crippen molar-refractivity contribution in [2.75, 3.05) is 38.1 Å². The minimum absolute atomic E-state index is 0. The molecule has 0 bridgehead atoms. The summed E-state index contributed by atoms with van der Waals surface area (Å²) in [4.78, 5) is 13.7. The second-order valence-corrected chi connectivity index (χ2v) is 6.13. The molecule has 0 aliphatic carbocycles. The van der Waals surface area contributed by atoms with Gasteiger partial charge in [-0.15, -0.1) is 12.4 Å². The molecule has 0 aromatic heterocycles. The van der Waals surface area contributed by atoms with Gasteiger partial charge in [-0.2, -0.15) is 8.42 Å². The predicted molar refractivity (Wildman–Crippen MR) is 79.9 cm³/mol. The Morgan fingerprint density at radius 1 is 1.19 bits per heavy atom. The van der Waals surface area contributed by atoms with E-state index in [2.05, 4.69) is 4.90 Å². The van der Waals surface area contributed by atoms with Gasteiger partial charge in [-0.25, -0.2) is 0 Å². The highest BCUT2D eigenvalue weighted by atomic mass is 35.5. The molecular weight excluding hydrogens is 322 g/mol. The van der Waals surface area contributed by atoms with Crippen LogP contribution in [0.2, 0.25) is 0 Å². The van der Waals surface area contributed by atoms with Crippen molar-refractivity contribution in [2.45, 2.75) is 4.90 Å². The Morgan fingerprint density at radius 2 is 1.76 bits per heavy atom. The molecule has 8 nitrogen and oxygen atoms in total. The van der Waals surface area contributed by atoms with Gasteiger partial charge in [0, 0.05) is 44.0 Å². The SMILES string of the molecule is CN1CCN(c2cc([N+](=O)[O-])cc(S(=O)(=O)O)c2)CC1.Cl. The molecule has 0 atom stereocenters. The van der Waals surface area contributed by atoms with E-state index >= 15 is 0 Å². The normalized spacial score (nSPS) is 16.4. The second kappa shape index (κ2) is 6.56. The minimum atomic E-state index is -4.47. The van der Waals surface area contributed by atoms with E-state index in [0.29, 0.717) is 18.8 Å². The van der Waals surface area contributed by atoms with Gasteiger partial charge in [-0.05, 0) is 13.1 Å². The van der Waals surface area contributed by atoms with Crippen LogP contribution in [0.1, 0.15) is 0 Å². The lowest BCUT2D eigenvalue weighted by molar-refractivity contribution is -0.385. The van der Waals surface area contributed by atoms with Gasteiger partial charge in [-0.3, -0.25) is 14.7 Å². The highest BCUT2D eigenvalue weighted by Crippen LogP contribution is 2.27. The fraction of sp³-hybridized carbons (Fsp3) is 0.455. The smallest absolute Gasteiger partial charge is 0.294 e. The lowest BCUT2D eigenvalue weighted by atomic mass is 10.2. The number of anilines is 1. The molecule has 1 heterocycles. The number of non-ortho nitro benzene ring substituents is 1. The average Bonchev–Trinajstić information content (AvgIpc) is 2.38. The lowest BCUT2D eigenvalue weighted by Gasteiger charge is -2.34. The molecule has 0 spiro atoms. The summed E-state index contributed by atoms with van der Waals surface area (Å²) in [6.45, 7) is 2.85. The molecule has 1 aliphatic rings. The number of likely N-dealkylation sites (N-methyl/N-ethyl adjacent to an activating group) is 1. The number of nitro benzene ring substituents is 1. The topological polar surface area (TPSA) is 104 Å². The van der Waals surface area contributed by atoms with Crippen LogP contribution in [0.15, 0.2) is 23.1 Å². The number of halogens is 1. The van der Waals surface area contributed by atoms with Crippen LogP contribution in [0.25, 0.3) is 0 Å². The molecule has 21 heavy (non-hydrogen) atoms. The van der Waals surface area contributed by atoms with Crippen LogP contribution in [-0.4, -0.2) is 56.0 Å². The van der Waals surface area contributed by atoms with Crippen molar-refractivity contribution in [1.82, 2.24) is 4.90 Å². The number of nitrogens with zero attached hydrogens (tertiary/aromatic N) is 3. The Bertz CT molecular complexity index is 629. The molecule has 2 rings (SSSR count). The number of hydrogen-bond acceptors (Lipinski definition) is 6. The van der Waals surface area contributed by atoms with Crippen LogP contribution in [-0.2, 0) is 10.1 Å². The number of piperazine rings is 1. The van der Waals surface area contributed by atoms with Crippen molar-refractivity contribution in [3.8, 4) is 0 Å². The fourth-order valence-corrected chi connectivity index (χ4v) is 2.61. The Balaban J connectivity index is 0.00000220. The van der Waals surface area contributed by atoms with Crippen LogP contribution in [0.4, 0.5) is 11.4 Å². The van der Waals surface area contributed by atoms with Gasteiger partial charge >= 0.3 is 0 Å². The summed E-state index contributed by atoms with van der Waals surface area (Å²) in [5.41, 5.74) is 0.0778. The van der Waals surface area contributed by atoms with Crippen LogP contribution in [0.3, 0.4) is 0 Å². The predicted octanol–water partition coefficient (Wildman–Crippen LogP) is 1.02. The zero-order chi connectivity index (χ0) is 14.9. The van der Waals surface area contributed by atoms with Gasteiger partial charge < -0.3 is 9.80 Å². The van der Waals surface area contributed by atoms with Crippen LogP contribution in [0, 0.1) is 10.1 Å². The van der Waals surface area contributed by atoms with E-state index in [-0.39, 0.29) is 18.1 Å². The van der Waals surface area contributed by atoms with E-state index in [1.54, 1.807) is 0 Å². The molecular formula is C11H16ClN3O5S. The number of rotatable bonds is 3. The standard InChI is InChI=1S/C11H15N3O5S.ClH/c1-12-2-4-13(5-3-12)9-6-10(14(15)16)8-11(7-9)20(17,18)19;/h6-8H,2-5H2,1H3,(H,17,18,19);1H. The van der Waals surface area contributed by atoms with Crippen molar-refractivity contribution in [3.63, 3.8) is 0 Å². The minimum Gasteiger partial charge on any atom is -0.369 e. The van der Waals surface area contributed by atoms with E-state index in [4.69, 9.17) is 4.55 Å². The molecule has 0 saturated carbocycles. The zero-order valence-corrected chi connectivity index (χ0v) is 12.9. The number of hydrogen-bond donors (Lipinski definition) is 1. The molecule has 10 heteroatoms. The van der Waals surface area contributed by atoms with Gasteiger partial charge in [0.25, 0.3) is 15.8 Å². The van der Waals surface area contributed by atoms with E-state index in [9.17, 15) is 18.5 Å². The lowest BCUT2D eigenvalue weighted by Crippen LogP contribution is -2.44. The van der Waals surface area contributed by atoms with Crippen molar-refractivity contribution >= 4 is 33.9 Å². The van der Waals surface area contributed by atoms with Crippen molar-refractivity contribution in [2.24, 2.45) is 0 Å². The highest BCUT2D eigenvalue weighted by Gasteiger charge is 2.21. The van der Waals surface area contributed by atoms with Gasteiger partial charge in [0.2, 0.25) is 0 Å². The summed E-state index contributed by atoms with van der Waals surface area (Å²) in [6, 6.07) is 3.43. The number of benzene rings is 1. The molecule has 118 valence electrons. The molecule has 1 fully saturated rings. The zero-order valence-electron chi connectivity index (χ0n) is 11.3. The maximum atomic E-state index is 11.2. The Morgan fingerprint density at radius 3 is 2.24 bits per heavy atom. The molecule has 0 amide bonds. The average molecular weight is 338 g/mol. The first kappa shape index (κ1) is 17.6. The van der Waals surface area contributed by atoms with Crippen LogP contribution < -0.4 is 4.90 Å². The summed E-state index contributed by atoms with van der Waals surface area (Å²) in [5.74, 6) is 0. The highest BCUT2D eigenvalue weighted by molar-refractivity contribution is 7.85. The molecule has 1 saturated heterocycles. The third-order valence-corrected chi connectivity index (χ3v) is 4.08. The fourth-order valence-electron chi connectivity index (χ4n) is 2.07. The summed E-state index contributed by atoms with van der Waals surface area (Å²) in [6.07, 6.45) is 0. The second-order valence-electron chi connectivity index (χ2n) is 4.71. The number of nitro groups is 1. The van der Waals surface area contributed by atoms with Crippen molar-refractivity contribution in [1.29, 1.82) is 0 Å². The Labute approximate surface area is 128 Å². The quantitative estimate of drug-likeness (QED) is 0.498. The maximum absolute atomic E-state index is 11.2. The van der Waals surface area contributed by atoms with Crippen molar-refractivity contribution in [3.05, 3.63) is 28.3 Å². The third kappa shape index (κ3) is 4.27. The summed E-state index contributed by atoms with van der Waals surface area (Å²) < 4.78 is 31.5. The summed E-state index contributed by atoms with van der Waals surface area (Å²) >= 11 is 0. The van der Waals surface area contributed by atoms with Crippen molar-refractivity contribution < 1.29 is 17.9 Å². The first-order valence-corrected chi connectivity index (χ1v) is 7.42. The molecule has 1 N–H and O–H groups in total. The van der Waals surface area contributed by atoms with Gasteiger partial charge in [-0.1, -0.05) is 0 Å². The summed E-state index contributed by atoms with van der Waals surface area (Å²) in [5, 5.41) is 10.9. The molecule has 0 unspecified atom stereocenters. The van der Waals surface area contributed by atoms with Crippen LogP contribution >= 0.6 is 12.4 Å². The summed E-state index contributed by atoms with van der Waals surface area (Å²) in [7, 11) is -2.51. The monoisotopic (exact) mass is 337 g/mol. The first-order valence-electron chi connectivity index (χ1n) is 5.98. The van der Waals surface area contributed by atoms with E-state index in [0.717, 1.165) is 19.2 Å². The third-order valence-electron chi connectivity index (χ3n) is 3.25. The first-order chi connectivity index (χ1) is 9.27. The molecule has 1 aliphatic heterocycles. The van der Waals surface area contributed by atoms with E-state index in [1.807, 2.05) is 11.9 Å². The van der Waals surface area contributed by atoms with Gasteiger partial charge in [0.1, 0.15) is 4.90 Å². The Kier molecular flexibility index (Phi) is 5.51. The van der Waals surface area contributed by atoms with Gasteiger partial charge in [0.15, 0.2) is 0 Å². The Hall–Kier alpha value is -1.42. The van der Waals surface area contributed by atoms with E-state index < -0.39 is 19.9 Å². The van der Waals surface area contributed by atoms with Gasteiger partial charge in [0.05, 0.1) is 4.92 Å². The largest absolute Gasteiger partial charge is 0.369 e. The maximum Gasteiger partial charge on any atom is 0.294 e.